The fourth-order valence-electron chi connectivity index (χ4n) is 4.58. The second-order valence-electron chi connectivity index (χ2n) is 9.35. The molecule has 2 aromatic rings. The van der Waals surface area contributed by atoms with Gasteiger partial charge in [-0.2, -0.15) is 0 Å². The Morgan fingerprint density at radius 3 is 2.37 bits per heavy atom. The summed E-state index contributed by atoms with van der Waals surface area (Å²) >= 11 is 1.23. The zero-order chi connectivity index (χ0) is 25.5. The van der Waals surface area contributed by atoms with Crippen molar-refractivity contribution in [1.29, 1.82) is 0 Å². The van der Waals surface area contributed by atoms with Crippen LogP contribution in [-0.4, -0.2) is 46.5 Å². The van der Waals surface area contributed by atoms with E-state index in [1.807, 2.05) is 36.4 Å². The Morgan fingerprint density at radius 1 is 1.17 bits per heavy atom. The standard InChI is InChI=1S/C26H34N4O4S/c1-16(2)14-21(25(32)33)30(19-7-3-4-8-19)13-5-6-17-9-11-18(12-10-17)22-15-20(23(27)31)24(35-22)29-26(28)34/h5-6,9-12,15-16,19,21H,3-4,7-8,13-14H2,1-2H3,(H2,27,31)(H,32,33)(H3,28,29,34)/t21-/m0/s1. The first-order valence-corrected chi connectivity index (χ1v) is 12.7. The molecule has 0 bridgehead atoms. The van der Waals surface area contributed by atoms with E-state index in [1.165, 1.54) is 11.3 Å². The van der Waals surface area contributed by atoms with Crippen LogP contribution in [0.5, 0.6) is 0 Å². The van der Waals surface area contributed by atoms with Crippen LogP contribution in [0.4, 0.5) is 9.80 Å². The summed E-state index contributed by atoms with van der Waals surface area (Å²) in [5.41, 5.74) is 12.7. The van der Waals surface area contributed by atoms with E-state index in [-0.39, 0.29) is 5.56 Å². The number of nitrogens with zero attached hydrogens (tertiary/aromatic N) is 1. The lowest BCUT2D eigenvalue weighted by atomic mass is 10.00. The molecule has 3 amide bonds. The summed E-state index contributed by atoms with van der Waals surface area (Å²) < 4.78 is 0. The molecule has 6 N–H and O–H groups in total. The van der Waals surface area contributed by atoms with Crippen LogP contribution in [0, 0.1) is 5.92 Å². The summed E-state index contributed by atoms with van der Waals surface area (Å²) in [5.74, 6) is -1.08. The van der Waals surface area contributed by atoms with Crippen molar-refractivity contribution in [3.8, 4) is 10.4 Å². The SMILES string of the molecule is CC(C)C[C@@H](C(=O)O)N(CC=Cc1ccc(-c2cc(C(N)=O)c(NC(N)=O)s2)cc1)C1CCCC1. The van der Waals surface area contributed by atoms with Crippen molar-refractivity contribution in [3.63, 3.8) is 0 Å². The van der Waals surface area contributed by atoms with Crippen LogP contribution < -0.4 is 16.8 Å². The van der Waals surface area contributed by atoms with Gasteiger partial charge >= 0.3 is 12.0 Å². The molecule has 0 saturated heterocycles. The fourth-order valence-corrected chi connectivity index (χ4v) is 5.65. The maximum absolute atomic E-state index is 12.0. The number of rotatable bonds is 11. The number of carbonyl (C=O) groups excluding carboxylic acids is 2. The second-order valence-corrected chi connectivity index (χ2v) is 10.4. The number of carboxylic acids is 1. The van der Waals surface area contributed by atoms with Crippen molar-refractivity contribution >= 4 is 40.3 Å². The van der Waals surface area contributed by atoms with Crippen LogP contribution >= 0.6 is 11.3 Å². The molecule has 0 spiro atoms. The van der Waals surface area contributed by atoms with Crippen LogP contribution in [-0.2, 0) is 4.79 Å². The Morgan fingerprint density at radius 2 is 1.83 bits per heavy atom. The first-order chi connectivity index (χ1) is 16.7. The Labute approximate surface area is 210 Å². The molecular formula is C26H34N4O4S. The molecule has 1 saturated carbocycles. The molecule has 1 atom stereocenters. The number of nitrogens with one attached hydrogen (secondary N) is 1. The molecule has 1 aromatic heterocycles. The minimum absolute atomic E-state index is 0.217. The van der Waals surface area contributed by atoms with Gasteiger partial charge in [-0.1, -0.05) is 63.1 Å². The Balaban J connectivity index is 1.74. The number of primary amides is 2. The third kappa shape index (κ3) is 7.16. The monoisotopic (exact) mass is 498 g/mol. The minimum atomic E-state index is -0.758. The summed E-state index contributed by atoms with van der Waals surface area (Å²) in [4.78, 5) is 37.9. The van der Waals surface area contributed by atoms with Gasteiger partial charge in [0.25, 0.3) is 5.91 Å². The van der Waals surface area contributed by atoms with Crippen molar-refractivity contribution in [1.82, 2.24) is 4.90 Å². The van der Waals surface area contributed by atoms with E-state index in [9.17, 15) is 19.5 Å². The highest BCUT2D eigenvalue weighted by Crippen LogP contribution is 2.35. The van der Waals surface area contributed by atoms with Gasteiger partial charge in [-0.3, -0.25) is 19.8 Å². The molecular weight excluding hydrogens is 464 g/mol. The summed E-state index contributed by atoms with van der Waals surface area (Å²) in [6, 6.07) is 8.49. The smallest absolute Gasteiger partial charge is 0.320 e. The van der Waals surface area contributed by atoms with E-state index in [4.69, 9.17) is 11.5 Å². The molecule has 9 heteroatoms. The van der Waals surface area contributed by atoms with Crippen molar-refractivity contribution in [2.24, 2.45) is 17.4 Å². The number of carboxylic acid groups (broad SMARTS) is 1. The molecule has 8 nitrogen and oxygen atoms in total. The molecule has 188 valence electrons. The average Bonchev–Trinajstić information content (AvgIpc) is 3.46. The fraction of sp³-hybridized carbons (Fsp3) is 0.423. The third-order valence-electron chi connectivity index (χ3n) is 6.23. The highest BCUT2D eigenvalue weighted by atomic mass is 32.1. The molecule has 1 aromatic carbocycles. The number of anilines is 1. The first kappa shape index (κ1) is 26.4. The second kappa shape index (κ2) is 12.0. The number of aliphatic carboxylic acids is 1. The number of urea groups is 1. The molecule has 0 aliphatic heterocycles. The van der Waals surface area contributed by atoms with E-state index in [2.05, 4.69) is 24.1 Å². The average molecular weight is 499 g/mol. The van der Waals surface area contributed by atoms with Crippen LogP contribution in [0.3, 0.4) is 0 Å². The van der Waals surface area contributed by atoms with Crippen molar-refractivity contribution in [3.05, 3.63) is 47.5 Å². The molecule has 1 heterocycles. The van der Waals surface area contributed by atoms with E-state index in [1.54, 1.807) is 6.07 Å². The highest BCUT2D eigenvalue weighted by molar-refractivity contribution is 7.20. The molecule has 0 unspecified atom stereocenters. The molecule has 0 radical (unpaired) electrons. The Kier molecular flexibility index (Phi) is 9.06. The lowest BCUT2D eigenvalue weighted by Gasteiger charge is -2.34. The largest absolute Gasteiger partial charge is 0.480 e. The van der Waals surface area contributed by atoms with Gasteiger partial charge in [0.2, 0.25) is 0 Å². The predicted molar refractivity (Wildman–Crippen MR) is 140 cm³/mol. The zero-order valence-corrected chi connectivity index (χ0v) is 21.0. The number of amides is 3. The third-order valence-corrected chi connectivity index (χ3v) is 7.33. The number of carbonyl (C=O) groups is 3. The quantitative estimate of drug-likeness (QED) is 0.354. The maximum Gasteiger partial charge on any atom is 0.320 e. The first-order valence-electron chi connectivity index (χ1n) is 11.9. The van der Waals surface area contributed by atoms with Crippen molar-refractivity contribution < 1.29 is 19.5 Å². The number of hydrogen-bond donors (Lipinski definition) is 4. The molecule has 1 aliphatic rings. The number of hydrogen-bond acceptors (Lipinski definition) is 5. The zero-order valence-electron chi connectivity index (χ0n) is 20.2. The summed E-state index contributed by atoms with van der Waals surface area (Å²) in [7, 11) is 0. The van der Waals surface area contributed by atoms with Crippen LogP contribution in [0.2, 0.25) is 0 Å². The highest BCUT2D eigenvalue weighted by Gasteiger charge is 2.32. The van der Waals surface area contributed by atoms with Gasteiger partial charge in [0.15, 0.2) is 0 Å². The number of thiophene rings is 1. The van der Waals surface area contributed by atoms with Gasteiger partial charge < -0.3 is 16.6 Å². The van der Waals surface area contributed by atoms with E-state index >= 15 is 0 Å². The van der Waals surface area contributed by atoms with Gasteiger partial charge in [-0.15, -0.1) is 11.3 Å². The molecule has 1 aliphatic carbocycles. The lowest BCUT2D eigenvalue weighted by Crippen LogP contribution is -2.47. The summed E-state index contributed by atoms with van der Waals surface area (Å²) in [5, 5.41) is 12.7. The van der Waals surface area contributed by atoms with Gasteiger partial charge in [-0.05, 0) is 42.4 Å². The molecule has 1 fully saturated rings. The van der Waals surface area contributed by atoms with Crippen molar-refractivity contribution in [2.45, 2.75) is 58.0 Å². The van der Waals surface area contributed by atoms with Crippen LogP contribution in [0.15, 0.2) is 36.4 Å². The van der Waals surface area contributed by atoms with Gasteiger partial charge in [0, 0.05) is 17.5 Å². The van der Waals surface area contributed by atoms with Gasteiger partial charge in [0.1, 0.15) is 11.0 Å². The van der Waals surface area contributed by atoms with E-state index < -0.39 is 23.9 Å². The minimum Gasteiger partial charge on any atom is -0.480 e. The topological polar surface area (TPSA) is 139 Å². The summed E-state index contributed by atoms with van der Waals surface area (Å²) in [6.45, 7) is 4.71. The number of benzene rings is 1. The predicted octanol–water partition coefficient (Wildman–Crippen LogP) is 4.76. The molecule has 35 heavy (non-hydrogen) atoms. The number of nitrogens with two attached hydrogens (primary N) is 2. The van der Waals surface area contributed by atoms with E-state index in [0.717, 1.165) is 41.7 Å². The Hall–Kier alpha value is -3.17. The Bertz CT molecular complexity index is 1070. The van der Waals surface area contributed by atoms with Crippen molar-refractivity contribution in [2.75, 3.05) is 11.9 Å². The summed E-state index contributed by atoms with van der Waals surface area (Å²) in [6.07, 6.45) is 9.07. The van der Waals surface area contributed by atoms with Crippen LogP contribution in [0.1, 0.15) is 61.9 Å². The molecule has 3 rings (SSSR count). The maximum atomic E-state index is 12.0. The lowest BCUT2D eigenvalue weighted by molar-refractivity contribution is -0.144. The van der Waals surface area contributed by atoms with Gasteiger partial charge in [0.05, 0.1) is 5.56 Å². The van der Waals surface area contributed by atoms with Crippen LogP contribution in [0.25, 0.3) is 16.5 Å². The normalized spacial score (nSPS) is 15.2. The van der Waals surface area contributed by atoms with Gasteiger partial charge in [-0.25, -0.2) is 4.79 Å². The van der Waals surface area contributed by atoms with E-state index in [0.29, 0.717) is 29.9 Å².